The van der Waals surface area contributed by atoms with Gasteiger partial charge < -0.3 is 9.26 Å². The molecule has 0 aromatic heterocycles. The molecule has 288 valence electrons. The van der Waals surface area contributed by atoms with Gasteiger partial charge in [-0.05, 0) is 94.2 Å². The van der Waals surface area contributed by atoms with Gasteiger partial charge in [0.1, 0.15) is 12.2 Å². The van der Waals surface area contributed by atoms with Gasteiger partial charge in [-0.15, -0.1) is 8.15 Å². The largest absolute Gasteiger partial charge is 0.477 e. The van der Waals surface area contributed by atoms with Crippen molar-refractivity contribution in [3.05, 3.63) is 129 Å². The number of hydrogen-bond acceptors (Lipinski definition) is 7. The first-order chi connectivity index (χ1) is 25.2. The zero-order valence-corrected chi connectivity index (χ0v) is 35.6. The lowest BCUT2D eigenvalue weighted by Crippen LogP contribution is -2.39. The Labute approximate surface area is 323 Å². The molecule has 0 unspecified atom stereocenters. The number of hydrogen-bond donors (Lipinski definition) is 0. The van der Waals surface area contributed by atoms with Gasteiger partial charge in [-0.1, -0.05) is 117 Å². The maximum Gasteiger partial charge on any atom is 0.250 e. The summed E-state index contributed by atoms with van der Waals surface area (Å²) in [4.78, 5) is 5.19. The molecule has 2 heterocycles. The summed E-state index contributed by atoms with van der Waals surface area (Å²) < 4.78 is 78.8. The average Bonchev–Trinajstić information content (AvgIpc) is 3.70. The summed E-state index contributed by atoms with van der Waals surface area (Å²) in [6.45, 7) is 21.1. The van der Waals surface area contributed by atoms with Crippen molar-refractivity contribution in [3.63, 3.8) is 0 Å². The molecule has 0 amide bonds. The van der Waals surface area contributed by atoms with Crippen LogP contribution in [0.5, 0.6) is 0 Å². The molecular formula is C42H52N3O6PS2. The number of benzene rings is 4. The first-order valence-electron chi connectivity index (χ1n) is 18.2. The average molecular weight is 790 g/mol. The SMILES string of the molecule is Cc1cc(C)c(S(=O)(=O)N2[C@H](c3ccccc3)[C@@H](c3ccccc3)N(S(=O)(=O)c3c(C)cc(C)cc3C)P2OC(C)(C)C2=N[C@@H](C(C)(C)C)CO2)c(C)c1. The molecule has 1 fully saturated rings. The highest BCUT2D eigenvalue weighted by molar-refractivity contribution is 7.98. The summed E-state index contributed by atoms with van der Waals surface area (Å²) in [6, 6.07) is 23.7. The molecule has 0 N–H and O–H groups in total. The zero-order chi connectivity index (χ0) is 39.5. The molecule has 0 radical (unpaired) electrons. The number of sulfonamides is 2. The molecule has 12 heteroatoms. The van der Waals surface area contributed by atoms with Crippen molar-refractivity contribution in [1.29, 1.82) is 0 Å². The predicted molar refractivity (Wildman–Crippen MR) is 216 cm³/mol. The van der Waals surface area contributed by atoms with Crippen LogP contribution in [0.15, 0.2) is 99.7 Å². The van der Waals surface area contributed by atoms with Gasteiger partial charge in [-0.25, -0.2) is 21.8 Å². The Morgan fingerprint density at radius 3 is 1.35 bits per heavy atom. The van der Waals surface area contributed by atoms with Gasteiger partial charge in [0.2, 0.25) is 34.4 Å². The van der Waals surface area contributed by atoms with Crippen molar-refractivity contribution in [2.24, 2.45) is 10.4 Å². The Morgan fingerprint density at radius 2 is 1.02 bits per heavy atom. The van der Waals surface area contributed by atoms with Crippen LogP contribution in [-0.4, -0.2) is 49.1 Å². The summed E-state index contributed by atoms with van der Waals surface area (Å²) in [7, 11) is -11.7. The van der Waals surface area contributed by atoms with E-state index in [2.05, 4.69) is 20.8 Å². The van der Waals surface area contributed by atoms with Crippen molar-refractivity contribution in [1.82, 2.24) is 8.15 Å². The van der Waals surface area contributed by atoms with Crippen LogP contribution in [0.1, 0.15) is 91.2 Å². The van der Waals surface area contributed by atoms with Gasteiger partial charge >= 0.3 is 0 Å². The molecule has 2 aliphatic rings. The van der Waals surface area contributed by atoms with Crippen LogP contribution in [0.4, 0.5) is 0 Å². The number of nitrogens with zero attached hydrogens (tertiary/aromatic N) is 3. The minimum absolute atomic E-state index is 0.124. The van der Waals surface area contributed by atoms with Gasteiger partial charge in [0.25, 0.3) is 0 Å². The first kappa shape index (κ1) is 40.2. The lowest BCUT2D eigenvalue weighted by molar-refractivity contribution is 0.146. The van der Waals surface area contributed by atoms with Crippen molar-refractivity contribution < 1.29 is 26.1 Å². The lowest BCUT2D eigenvalue weighted by atomic mass is 9.88. The fourth-order valence-corrected chi connectivity index (χ4v) is 15.6. The van der Waals surface area contributed by atoms with E-state index in [1.807, 2.05) is 98.8 Å². The number of aryl methyl sites for hydroxylation is 6. The van der Waals surface area contributed by atoms with Gasteiger partial charge in [0.15, 0.2) is 0 Å². The molecule has 6 rings (SSSR count). The summed E-state index contributed by atoms with van der Waals surface area (Å²) in [5.74, 6) is 0.296. The molecule has 4 aromatic carbocycles. The van der Waals surface area contributed by atoms with E-state index in [1.165, 1.54) is 8.15 Å². The van der Waals surface area contributed by atoms with Crippen molar-refractivity contribution in [2.45, 2.75) is 110 Å². The molecule has 0 bridgehead atoms. The number of aliphatic imine (C=N–C) groups is 1. The smallest absolute Gasteiger partial charge is 0.250 e. The third-order valence-corrected chi connectivity index (χ3v) is 17.8. The fourth-order valence-electron chi connectivity index (χ4n) is 7.75. The van der Waals surface area contributed by atoms with Crippen LogP contribution < -0.4 is 0 Å². The van der Waals surface area contributed by atoms with E-state index in [9.17, 15) is 0 Å². The van der Waals surface area contributed by atoms with E-state index in [-0.39, 0.29) is 21.2 Å². The third kappa shape index (κ3) is 7.31. The van der Waals surface area contributed by atoms with Crippen molar-refractivity contribution in [3.8, 4) is 0 Å². The van der Waals surface area contributed by atoms with Crippen LogP contribution in [-0.2, 0) is 29.3 Å². The highest BCUT2D eigenvalue weighted by atomic mass is 32.2. The molecular weight excluding hydrogens is 738 g/mol. The van der Waals surface area contributed by atoms with E-state index in [0.29, 0.717) is 45.9 Å². The Hall–Kier alpha value is -3.44. The zero-order valence-electron chi connectivity index (χ0n) is 33.1. The normalized spacial score (nSPS) is 20.6. The monoisotopic (exact) mass is 789 g/mol. The Bertz CT molecular complexity index is 2120. The van der Waals surface area contributed by atoms with Crippen molar-refractivity contribution in [2.75, 3.05) is 6.61 Å². The second-order valence-corrected chi connectivity index (χ2v) is 21.8. The molecule has 3 atom stereocenters. The highest BCUT2D eigenvalue weighted by Gasteiger charge is 2.62. The van der Waals surface area contributed by atoms with Crippen LogP contribution in [0.25, 0.3) is 0 Å². The number of rotatable bonds is 9. The molecule has 9 nitrogen and oxygen atoms in total. The minimum atomic E-state index is -4.49. The summed E-state index contributed by atoms with van der Waals surface area (Å²) in [5, 5.41) is 0. The van der Waals surface area contributed by atoms with Gasteiger partial charge in [-0.2, -0.15) is 0 Å². The third-order valence-electron chi connectivity index (χ3n) is 10.1. The summed E-state index contributed by atoms with van der Waals surface area (Å²) in [5.41, 5.74) is 3.80. The Morgan fingerprint density at radius 1 is 0.648 bits per heavy atom. The van der Waals surface area contributed by atoms with Crippen molar-refractivity contribution >= 4 is 34.4 Å². The van der Waals surface area contributed by atoms with Crippen LogP contribution in [0, 0.1) is 47.0 Å². The maximum atomic E-state index is 15.7. The second-order valence-electron chi connectivity index (χ2n) is 16.2. The Kier molecular flexibility index (Phi) is 10.9. The first-order valence-corrected chi connectivity index (χ1v) is 22.3. The molecule has 0 saturated carbocycles. The molecule has 1 saturated heterocycles. The molecule has 2 aliphatic heterocycles. The highest BCUT2D eigenvalue weighted by Crippen LogP contribution is 2.70. The molecule has 0 spiro atoms. The van der Waals surface area contributed by atoms with E-state index in [4.69, 9.17) is 14.3 Å². The summed E-state index contributed by atoms with van der Waals surface area (Å²) >= 11 is 0. The minimum Gasteiger partial charge on any atom is -0.477 e. The van der Waals surface area contributed by atoms with Gasteiger partial charge in [0.05, 0.1) is 27.9 Å². The predicted octanol–water partition coefficient (Wildman–Crippen LogP) is 9.58. The molecule has 54 heavy (non-hydrogen) atoms. The van der Waals surface area contributed by atoms with E-state index >= 15 is 16.8 Å². The maximum absolute atomic E-state index is 15.7. The Balaban J connectivity index is 1.71. The topological polar surface area (TPSA) is 106 Å². The van der Waals surface area contributed by atoms with Gasteiger partial charge in [0, 0.05) is 0 Å². The summed E-state index contributed by atoms with van der Waals surface area (Å²) in [6.07, 6.45) is 0. The fraction of sp³-hybridized carbons (Fsp3) is 0.405. The lowest BCUT2D eigenvalue weighted by Gasteiger charge is -2.36. The van der Waals surface area contributed by atoms with Crippen LogP contribution >= 0.6 is 8.45 Å². The second kappa shape index (κ2) is 14.6. The van der Waals surface area contributed by atoms with Crippen LogP contribution in [0.3, 0.4) is 0 Å². The van der Waals surface area contributed by atoms with E-state index in [0.717, 1.165) is 11.1 Å². The standard InChI is InChI=1S/C42H52N3O6PS2/c1-27-22-29(3)38(30(4)23-27)53(46,47)44-36(33-18-14-12-15-19-33)37(34-20-16-13-17-21-34)45(54(48,49)39-31(5)24-28(2)25-32(39)6)52(44)51-42(10,11)40-43-35(26-50-40)41(7,8)9/h12-25,35-37H,26H2,1-11H3/t35-,36-,37-/m1/s1. The number of ether oxygens (including phenoxy) is 1. The van der Waals surface area contributed by atoms with E-state index < -0.39 is 46.2 Å². The van der Waals surface area contributed by atoms with Gasteiger partial charge in [-0.3, -0.25) is 0 Å². The van der Waals surface area contributed by atoms with E-state index in [1.54, 1.807) is 41.5 Å². The molecule has 0 aliphatic carbocycles. The van der Waals surface area contributed by atoms with Crippen LogP contribution in [0.2, 0.25) is 0 Å². The quantitative estimate of drug-likeness (QED) is 0.157. The molecule has 4 aromatic rings.